The van der Waals surface area contributed by atoms with Gasteiger partial charge < -0.3 is 9.84 Å². The highest BCUT2D eigenvalue weighted by Crippen LogP contribution is 2.60. The van der Waals surface area contributed by atoms with Gasteiger partial charge in [0, 0.05) is 6.20 Å². The lowest BCUT2D eigenvalue weighted by Crippen LogP contribution is -2.56. The van der Waals surface area contributed by atoms with Gasteiger partial charge in [-0.1, -0.05) is 11.6 Å². The number of hydrogen-bond acceptors (Lipinski definition) is 8. The average Bonchev–Trinajstić information content (AvgIpc) is 2.84. The number of phosphoric acid groups is 1. The molecule has 5 atom stereocenters. The van der Waals surface area contributed by atoms with Crippen molar-refractivity contribution in [1.82, 2.24) is 4.90 Å². The Morgan fingerprint density at radius 2 is 2.11 bits per heavy atom. The SMILES string of the molecule is CC(C)OP1(=O)OC[C@@]2(C(F)F)O[C@@H](N3C=C(Cl)C(=O)CC3=O)[C@H](O)C2O1. The summed E-state index contributed by atoms with van der Waals surface area (Å²) in [5.74, 6) is -1.46. The Morgan fingerprint density at radius 1 is 1.44 bits per heavy atom. The van der Waals surface area contributed by atoms with E-state index in [1.807, 2.05) is 0 Å². The Kier molecular flexibility index (Phi) is 5.50. The van der Waals surface area contributed by atoms with E-state index in [1.54, 1.807) is 0 Å². The number of carbonyl (C=O) groups is 2. The number of hydrogen-bond donors (Lipinski definition) is 1. The lowest BCUT2D eigenvalue weighted by molar-refractivity contribution is -0.213. The number of aliphatic hydroxyl groups is 1. The maximum absolute atomic E-state index is 13.8. The largest absolute Gasteiger partial charge is 0.475 e. The third kappa shape index (κ3) is 3.57. The van der Waals surface area contributed by atoms with Crippen molar-refractivity contribution < 1.29 is 46.3 Å². The number of phosphoric ester groups is 1. The number of halogens is 3. The number of amides is 1. The molecule has 0 spiro atoms. The molecule has 0 radical (unpaired) electrons. The number of rotatable bonds is 4. The first-order valence-corrected chi connectivity index (χ1v) is 9.80. The zero-order valence-corrected chi connectivity index (χ0v) is 15.9. The van der Waals surface area contributed by atoms with Gasteiger partial charge in [-0.3, -0.25) is 28.1 Å². The topological polar surface area (TPSA) is 112 Å². The maximum atomic E-state index is 13.8. The summed E-state index contributed by atoms with van der Waals surface area (Å²) in [4.78, 5) is 24.3. The van der Waals surface area contributed by atoms with E-state index >= 15 is 0 Å². The number of ketones is 1. The van der Waals surface area contributed by atoms with Gasteiger partial charge in [-0.25, -0.2) is 13.3 Å². The van der Waals surface area contributed by atoms with Crippen molar-refractivity contribution in [2.24, 2.45) is 0 Å². The number of ether oxygens (including phenoxy) is 1. The molecule has 27 heavy (non-hydrogen) atoms. The number of fused-ring (bicyclic) bond motifs is 1. The van der Waals surface area contributed by atoms with Gasteiger partial charge in [0.2, 0.25) is 5.91 Å². The first kappa shape index (κ1) is 20.8. The summed E-state index contributed by atoms with van der Waals surface area (Å²) in [5, 5.41) is 10.2. The molecule has 9 nitrogen and oxygen atoms in total. The second kappa shape index (κ2) is 7.14. The van der Waals surface area contributed by atoms with Gasteiger partial charge in [-0.15, -0.1) is 0 Å². The Bertz CT molecular complexity index is 734. The third-order valence-electron chi connectivity index (χ3n) is 4.22. The van der Waals surface area contributed by atoms with Crippen LogP contribution in [0.1, 0.15) is 20.3 Å². The smallest absolute Gasteiger partial charge is 0.386 e. The second-order valence-corrected chi connectivity index (χ2v) is 8.51. The monoisotopic (exact) mass is 431 g/mol. The third-order valence-corrected chi connectivity index (χ3v) is 6.14. The molecular formula is C14H17ClF2NO8P. The van der Waals surface area contributed by atoms with Crippen LogP contribution in [0.3, 0.4) is 0 Å². The van der Waals surface area contributed by atoms with Gasteiger partial charge in [0.05, 0.1) is 19.1 Å². The number of Topliss-reactive ketones (excluding diaryl/α,β-unsaturated/α-hetero) is 1. The zero-order valence-electron chi connectivity index (χ0n) is 14.2. The predicted octanol–water partition coefficient (Wildman–Crippen LogP) is 1.54. The summed E-state index contributed by atoms with van der Waals surface area (Å²) in [6.45, 7) is 2.16. The maximum Gasteiger partial charge on any atom is 0.475 e. The van der Waals surface area contributed by atoms with Crippen LogP contribution < -0.4 is 0 Å². The van der Waals surface area contributed by atoms with E-state index in [-0.39, 0.29) is 5.03 Å². The lowest BCUT2D eigenvalue weighted by Gasteiger charge is -2.39. The van der Waals surface area contributed by atoms with Crippen LogP contribution in [0.4, 0.5) is 8.78 Å². The van der Waals surface area contributed by atoms with E-state index in [2.05, 4.69) is 0 Å². The minimum Gasteiger partial charge on any atom is -0.386 e. The standard InChI is InChI=1S/C14H17ClF2NO8P/c1-6(2)25-27(22)23-5-14(13(16)17)11(26-27)10(21)12(24-14)18-4-7(15)8(19)3-9(18)20/h4,6,10-13,21H,3,5H2,1-2H3/t10-,11?,12-,14-,27?/m1/s1. The molecule has 0 aromatic heterocycles. The summed E-state index contributed by atoms with van der Waals surface area (Å²) in [5.41, 5.74) is -2.49. The molecule has 3 aliphatic heterocycles. The highest BCUT2D eigenvalue weighted by Gasteiger charge is 2.68. The fourth-order valence-corrected chi connectivity index (χ4v) is 4.79. The number of aliphatic hydroxyl groups excluding tert-OH is 1. The molecule has 0 bridgehead atoms. The summed E-state index contributed by atoms with van der Waals surface area (Å²) >= 11 is 5.72. The van der Waals surface area contributed by atoms with Gasteiger partial charge in [0.1, 0.15) is 17.2 Å². The molecular weight excluding hydrogens is 415 g/mol. The first-order chi connectivity index (χ1) is 12.5. The molecule has 152 valence electrons. The zero-order chi connectivity index (χ0) is 20.1. The molecule has 0 aromatic rings. The second-order valence-electron chi connectivity index (χ2n) is 6.53. The Labute approximate surface area is 157 Å². The van der Waals surface area contributed by atoms with Crippen LogP contribution in [-0.4, -0.2) is 64.9 Å². The summed E-state index contributed by atoms with van der Waals surface area (Å²) < 4.78 is 60.4. The van der Waals surface area contributed by atoms with E-state index in [0.717, 1.165) is 11.1 Å². The highest BCUT2D eigenvalue weighted by molar-refractivity contribution is 7.48. The minimum atomic E-state index is -4.24. The number of carbonyl (C=O) groups excluding carboxylic acids is 2. The number of nitrogens with zero attached hydrogens (tertiary/aromatic N) is 1. The fourth-order valence-electron chi connectivity index (χ4n) is 2.99. The summed E-state index contributed by atoms with van der Waals surface area (Å²) in [7, 11) is -4.24. The molecule has 0 saturated carbocycles. The molecule has 2 fully saturated rings. The van der Waals surface area contributed by atoms with Crippen molar-refractivity contribution in [3.63, 3.8) is 0 Å². The van der Waals surface area contributed by atoms with Crippen LogP contribution in [0.2, 0.25) is 0 Å². The van der Waals surface area contributed by atoms with Gasteiger partial charge in [-0.2, -0.15) is 0 Å². The molecule has 1 N–H and O–H groups in total. The van der Waals surface area contributed by atoms with Gasteiger partial charge in [-0.05, 0) is 13.8 Å². The summed E-state index contributed by atoms with van der Waals surface area (Å²) in [6.07, 6.45) is -8.82. The molecule has 1 amide bonds. The number of alkyl halides is 2. The molecule has 2 saturated heterocycles. The summed E-state index contributed by atoms with van der Waals surface area (Å²) in [6, 6.07) is 0. The minimum absolute atomic E-state index is 0.322. The van der Waals surface area contributed by atoms with Crippen molar-refractivity contribution in [2.75, 3.05) is 6.61 Å². The normalized spacial score (nSPS) is 39.9. The molecule has 3 aliphatic rings. The molecule has 2 unspecified atom stereocenters. The van der Waals surface area contributed by atoms with Gasteiger partial charge in [0.25, 0.3) is 6.43 Å². The van der Waals surface area contributed by atoms with Crippen LogP contribution in [0.15, 0.2) is 11.2 Å². The van der Waals surface area contributed by atoms with Crippen LogP contribution in [-0.2, 0) is 32.5 Å². The molecule has 0 aliphatic carbocycles. The van der Waals surface area contributed by atoms with Crippen molar-refractivity contribution >= 4 is 31.1 Å². The lowest BCUT2D eigenvalue weighted by atomic mass is 9.96. The van der Waals surface area contributed by atoms with Crippen LogP contribution in [0.5, 0.6) is 0 Å². The number of allylic oxidation sites excluding steroid dienone is 1. The van der Waals surface area contributed by atoms with Gasteiger partial charge >= 0.3 is 7.82 Å². The Hall–Kier alpha value is -0.940. The first-order valence-electron chi connectivity index (χ1n) is 7.96. The van der Waals surface area contributed by atoms with Crippen LogP contribution >= 0.6 is 19.4 Å². The van der Waals surface area contributed by atoms with E-state index in [0.29, 0.717) is 0 Å². The average molecular weight is 432 g/mol. The molecule has 3 heterocycles. The van der Waals surface area contributed by atoms with Gasteiger partial charge in [0.15, 0.2) is 17.6 Å². The Balaban J connectivity index is 1.93. The van der Waals surface area contributed by atoms with E-state index < -0.39 is 69.1 Å². The van der Waals surface area contributed by atoms with Crippen LogP contribution in [0, 0.1) is 0 Å². The predicted molar refractivity (Wildman–Crippen MR) is 84.7 cm³/mol. The Morgan fingerprint density at radius 3 is 2.70 bits per heavy atom. The van der Waals surface area contributed by atoms with E-state index in [4.69, 9.17) is 29.9 Å². The van der Waals surface area contributed by atoms with E-state index in [9.17, 15) is 28.0 Å². The molecule has 3 rings (SSSR count). The van der Waals surface area contributed by atoms with E-state index in [1.165, 1.54) is 13.8 Å². The van der Waals surface area contributed by atoms with Crippen molar-refractivity contribution in [1.29, 1.82) is 0 Å². The quantitative estimate of drug-likeness (QED) is 0.527. The van der Waals surface area contributed by atoms with Crippen molar-refractivity contribution in [2.45, 2.75) is 56.8 Å². The van der Waals surface area contributed by atoms with Crippen molar-refractivity contribution in [3.05, 3.63) is 11.2 Å². The van der Waals surface area contributed by atoms with Crippen LogP contribution in [0.25, 0.3) is 0 Å². The molecule has 13 heteroatoms. The van der Waals surface area contributed by atoms with Crippen molar-refractivity contribution in [3.8, 4) is 0 Å². The fraction of sp³-hybridized carbons (Fsp3) is 0.714. The molecule has 0 aromatic carbocycles. The highest BCUT2D eigenvalue weighted by atomic mass is 35.5.